The van der Waals surface area contributed by atoms with Crippen LogP contribution in [-0.4, -0.2) is 177 Å². The second-order valence-corrected chi connectivity index (χ2v) is 34.3. The number of rotatable bonds is 21. The number of carbonyl (C=O) groups is 3. The number of methoxy groups -OCH3 is 2. The Balaban J connectivity index is 0.000000165. The van der Waals surface area contributed by atoms with Crippen LogP contribution in [0.4, 0.5) is 13.2 Å². The number of fused-ring (bicyclic) bond motifs is 9. The van der Waals surface area contributed by atoms with Gasteiger partial charge in [0.15, 0.2) is 0 Å². The van der Waals surface area contributed by atoms with Gasteiger partial charge in [-0.15, -0.1) is 0 Å². The fraction of sp³-hybridized carbons (Fsp3) is 0.631. The summed E-state index contributed by atoms with van der Waals surface area (Å²) in [6, 6.07) is 14.8. The molecule has 18 nitrogen and oxygen atoms in total. The van der Waals surface area contributed by atoms with E-state index in [4.69, 9.17) is 28.4 Å². The third kappa shape index (κ3) is 16.5. The van der Waals surface area contributed by atoms with E-state index in [0.717, 1.165) is 130 Å². The molecule has 11 atom stereocenters. The van der Waals surface area contributed by atoms with Crippen LogP contribution in [0.25, 0.3) is 33.8 Å². The number of halogens is 4. The van der Waals surface area contributed by atoms with Gasteiger partial charge in [-0.25, -0.2) is 28.1 Å². The van der Waals surface area contributed by atoms with Crippen LogP contribution < -0.4 is 46.5 Å². The van der Waals surface area contributed by atoms with Crippen molar-refractivity contribution in [1.82, 2.24) is 28.7 Å². The van der Waals surface area contributed by atoms with E-state index in [2.05, 4.69) is 15.0 Å². The zero-order valence-electron chi connectivity index (χ0n) is 65.3. The first-order chi connectivity index (χ1) is 50.2. The number of hydrogen-bond donors (Lipinski definition) is 3. The molecule has 12 aliphatic carbocycles. The first-order valence-electron chi connectivity index (χ1n) is 38.8. The monoisotopic (exact) mass is 1590 g/mol. The van der Waals surface area contributed by atoms with Crippen LogP contribution >= 0.6 is 0 Å². The molecule has 16 aliphatic rings. The molecule has 22 rings (SSSR count). The van der Waals surface area contributed by atoms with E-state index in [1.807, 2.05) is 45.7 Å². The minimum Gasteiger partial charge on any atom is -1.00 e. The van der Waals surface area contributed by atoms with Crippen molar-refractivity contribution in [2.45, 2.75) is 216 Å². The molecule has 3 aromatic heterocycles. The molecule has 0 amide bonds. The molecule has 3 radical (unpaired) electrons. The maximum atomic E-state index is 14.9. The van der Waals surface area contributed by atoms with Gasteiger partial charge in [0.1, 0.15) is 23.2 Å². The van der Waals surface area contributed by atoms with Gasteiger partial charge in [0, 0.05) is 73.5 Å². The van der Waals surface area contributed by atoms with Crippen molar-refractivity contribution in [3.8, 4) is 33.8 Å². The third-order valence-corrected chi connectivity index (χ3v) is 27.5. The standard InChI is InChI=1S/C27H35FN2O3.C26H31FN2O4.C26H29FN2O4.C4H8O.CH3.B.BrH.Mg.Na.H/c1-26(2,32)6-7-33-25-17-8-16-9-18(25)13-27(11-16,12-17)23(31)10-21-24-19(4-3-5-20(24)28)22-14-29-15-30(21)22;2*1-32-23(31)5-6-33-25-16-7-15-8-17(25)12-26(10-15,11-16)22(30)9-20-24-18(3-2-4-19(24)27)21-13-28-14-29(20)21;1-2-4-5-3-1;;;;;;/h3-5,14-18,21,23,25,31-32H,6-13H2,1-2H3;2-4,13-17,20,22,25,30H,5-12H2,1H3;2-4,13-17,20,25H,5-12H2,1H3;1-4H2;1H3;;1H;;;/q;;;;-1;;;+2;+1;-1/p-1. The molecule has 6 aromatic rings. The fourth-order valence-electron chi connectivity index (χ4n) is 23.7. The van der Waals surface area contributed by atoms with E-state index < -0.39 is 17.8 Å². The van der Waals surface area contributed by atoms with Crippen molar-refractivity contribution in [3.05, 3.63) is 134 Å². The number of Topliss-reactive ketones (excluding diaryl/α,β-unsaturated/α-hetero) is 1. The smallest absolute Gasteiger partial charge is 1.00 e. The molecule has 12 bridgehead atoms. The van der Waals surface area contributed by atoms with Crippen LogP contribution in [0.2, 0.25) is 0 Å². The number of benzene rings is 3. The van der Waals surface area contributed by atoms with Crippen LogP contribution in [0.5, 0.6) is 0 Å². The molecule has 11 unspecified atom stereocenters. The normalized spacial score (nSPS) is 32.1. The number of nitrogens with zero attached hydrogens (tertiary/aromatic N) is 6. The van der Waals surface area contributed by atoms with E-state index in [1.165, 1.54) is 58.1 Å². The van der Waals surface area contributed by atoms with Crippen LogP contribution in [0.3, 0.4) is 0 Å². The molecular weight excluding hydrogens is 1480 g/mol. The van der Waals surface area contributed by atoms with Gasteiger partial charge in [0.2, 0.25) is 0 Å². The number of esters is 2. The summed E-state index contributed by atoms with van der Waals surface area (Å²) in [5.41, 5.74) is 6.11. The fourth-order valence-corrected chi connectivity index (χ4v) is 23.7. The molecule has 7 heterocycles. The summed E-state index contributed by atoms with van der Waals surface area (Å²) in [4.78, 5) is 49.7. The second-order valence-electron chi connectivity index (χ2n) is 34.3. The predicted molar refractivity (Wildman–Crippen MR) is 399 cm³/mol. The van der Waals surface area contributed by atoms with Crippen molar-refractivity contribution < 1.29 is 119 Å². The van der Waals surface area contributed by atoms with Gasteiger partial charge in [-0.3, -0.25) is 14.4 Å². The largest absolute Gasteiger partial charge is 2.00 e. The Morgan fingerprint density at radius 1 is 0.560 bits per heavy atom. The van der Waals surface area contributed by atoms with Gasteiger partial charge in [-0.1, -0.05) is 36.4 Å². The third-order valence-electron chi connectivity index (χ3n) is 27.5. The van der Waals surface area contributed by atoms with E-state index in [-0.39, 0.29) is 188 Å². The molecule has 13 fully saturated rings. The minimum absolute atomic E-state index is 0. The van der Waals surface area contributed by atoms with Crippen molar-refractivity contribution in [2.75, 3.05) is 47.3 Å². The average molecular weight is 1590 g/mol. The maximum Gasteiger partial charge on any atom is 2.00 e. The maximum absolute atomic E-state index is 14.9. The first kappa shape index (κ1) is 85.6. The molecule has 109 heavy (non-hydrogen) atoms. The quantitative estimate of drug-likeness (QED) is 0.0356. The molecule has 4 aliphatic heterocycles. The van der Waals surface area contributed by atoms with Crippen LogP contribution in [-0.2, 0) is 42.8 Å². The molecular formula is C84H107BBrF3MgN6NaO12. The summed E-state index contributed by atoms with van der Waals surface area (Å²) >= 11 is 0. The van der Waals surface area contributed by atoms with Crippen molar-refractivity contribution in [2.24, 2.45) is 69.5 Å². The molecule has 0 spiro atoms. The number of imidazole rings is 3. The predicted octanol–water partition coefficient (Wildman–Crippen LogP) is 7.76. The topological polar surface area (TPSA) is 221 Å². The summed E-state index contributed by atoms with van der Waals surface area (Å²) in [6.07, 6.45) is 30.7. The number of carbonyl (C=O) groups excluding carboxylic acids is 3. The van der Waals surface area contributed by atoms with Crippen molar-refractivity contribution in [3.63, 3.8) is 0 Å². The summed E-state index contributed by atoms with van der Waals surface area (Å²) in [5.74, 6) is 3.44. The van der Waals surface area contributed by atoms with Gasteiger partial charge < -0.3 is 83.3 Å². The number of aliphatic hydroxyl groups is 3. The number of hydrogen-bond acceptors (Lipinski definition) is 15. The summed E-state index contributed by atoms with van der Waals surface area (Å²) in [5, 5.41) is 33.4. The zero-order valence-corrected chi connectivity index (χ0v) is 69.3. The first-order valence-corrected chi connectivity index (χ1v) is 38.8. The van der Waals surface area contributed by atoms with Gasteiger partial charge in [0.25, 0.3) is 0 Å². The number of aromatic nitrogens is 6. The Morgan fingerprint density at radius 3 is 1.27 bits per heavy atom. The van der Waals surface area contributed by atoms with Gasteiger partial charge >= 0.3 is 64.5 Å². The average Bonchev–Trinajstić information content (AvgIpc) is 0.807. The van der Waals surface area contributed by atoms with Gasteiger partial charge in [-0.05, 0) is 225 Å². The Hall–Kier alpha value is -4.28. The SMILES string of the molecule is C1CCOC1.CC(C)(O)CCOC1C2CC3CC1CC(C(O)CC1c4c(F)cccc4-c4cncn41)(C3)C2.COC(=O)CCOC1C2CC3CC1CC(C(=O)CC1c4c(F)cccc4-c4cncn41)(C3)C2.COC(=O)CCOC1C2CC3CC1CC(C(O)CC1c4c(F)cccc4-c4cncn41)(C3)C2.[B].[Br-].[CH3-].[H-].[Mg+2].[Na+]. The van der Waals surface area contributed by atoms with E-state index in [9.17, 15) is 42.9 Å². The Labute approximate surface area is 691 Å². The van der Waals surface area contributed by atoms with Gasteiger partial charge in [0.05, 0.1) is 149 Å². The molecule has 579 valence electrons. The molecule has 3 aromatic carbocycles. The summed E-state index contributed by atoms with van der Waals surface area (Å²) < 4.78 is 83.8. The van der Waals surface area contributed by atoms with E-state index in [1.54, 1.807) is 55.8 Å². The number of aliphatic hydroxyl groups excluding tert-OH is 2. The van der Waals surface area contributed by atoms with Crippen LogP contribution in [0, 0.1) is 94.4 Å². The van der Waals surface area contributed by atoms with Crippen LogP contribution in [0.1, 0.15) is 198 Å². The number of ether oxygens (including phenoxy) is 6. The van der Waals surface area contributed by atoms with E-state index in [0.29, 0.717) is 115 Å². The van der Waals surface area contributed by atoms with Crippen molar-refractivity contribution in [1.29, 1.82) is 0 Å². The Kier molecular flexibility index (Phi) is 27.5. The molecule has 1 saturated heterocycles. The zero-order chi connectivity index (χ0) is 72.0. The van der Waals surface area contributed by atoms with Gasteiger partial charge in [-0.2, -0.15) is 0 Å². The number of ketones is 1. The summed E-state index contributed by atoms with van der Waals surface area (Å²) in [7, 11) is 2.79. The van der Waals surface area contributed by atoms with Crippen LogP contribution in [0.15, 0.2) is 92.2 Å². The second kappa shape index (κ2) is 35.0. The van der Waals surface area contributed by atoms with Crippen molar-refractivity contribution >= 4 is 49.2 Å². The minimum atomic E-state index is -0.706. The molecule has 25 heteroatoms. The Bertz CT molecular complexity index is 4110. The molecule has 12 saturated carbocycles. The summed E-state index contributed by atoms with van der Waals surface area (Å²) in [6.45, 7) is 7.01. The van der Waals surface area contributed by atoms with E-state index >= 15 is 0 Å². The molecule has 3 N–H and O–H groups in total. The Morgan fingerprint density at radius 2 is 0.908 bits per heavy atom.